The molecule has 2 rings (SSSR count). The van der Waals surface area contributed by atoms with E-state index in [0.29, 0.717) is 31.1 Å². The van der Waals surface area contributed by atoms with Crippen LogP contribution in [-0.2, 0) is 15.5 Å². The molecule has 21 heavy (non-hydrogen) atoms. The molecule has 0 aromatic carbocycles. The Morgan fingerprint density at radius 1 is 1.43 bits per heavy atom. The molecular weight excluding hydrogens is 314 g/mol. The van der Waals surface area contributed by atoms with E-state index in [9.17, 15) is 13.2 Å². The first-order valence-corrected chi connectivity index (χ1v) is 9.46. The summed E-state index contributed by atoms with van der Waals surface area (Å²) in [7, 11) is 1.49. The van der Waals surface area contributed by atoms with Crippen LogP contribution in [0.3, 0.4) is 0 Å². The molecule has 0 aliphatic carbocycles. The Bertz CT molecular complexity index is 619. The molecule has 1 amide bonds. The highest BCUT2D eigenvalue weighted by molar-refractivity contribution is 8.13. The zero-order chi connectivity index (χ0) is 15.6. The number of halogens is 1. The zero-order valence-corrected chi connectivity index (χ0v) is 13.8. The number of nitrogens with zero attached hydrogens (tertiary/aromatic N) is 2. The molecule has 1 fully saturated rings. The van der Waals surface area contributed by atoms with E-state index in [-0.39, 0.29) is 16.5 Å². The molecular formula is C13H20ClN3O3S. The van der Waals surface area contributed by atoms with Crippen LogP contribution in [0.1, 0.15) is 49.3 Å². The Hall–Kier alpha value is -1.08. The second kappa shape index (κ2) is 6.36. The van der Waals surface area contributed by atoms with Gasteiger partial charge in [0.1, 0.15) is 4.90 Å². The molecule has 8 heteroatoms. The van der Waals surface area contributed by atoms with E-state index in [2.05, 4.69) is 17.1 Å². The van der Waals surface area contributed by atoms with Crippen LogP contribution in [0.2, 0.25) is 0 Å². The molecule has 1 aromatic rings. The summed E-state index contributed by atoms with van der Waals surface area (Å²) in [6, 6.07) is 0. The molecule has 1 saturated heterocycles. The SMILES string of the molecule is CCCc1[nH]nc(C(=O)N2CCC(C)CC2)c1S(=O)(=O)Cl. The van der Waals surface area contributed by atoms with E-state index < -0.39 is 9.05 Å². The third-order valence-corrected chi connectivity index (χ3v) is 5.20. The topological polar surface area (TPSA) is 83.1 Å². The number of hydrogen-bond acceptors (Lipinski definition) is 4. The Morgan fingerprint density at radius 3 is 2.57 bits per heavy atom. The van der Waals surface area contributed by atoms with E-state index in [1.54, 1.807) is 4.90 Å². The van der Waals surface area contributed by atoms with Crippen molar-refractivity contribution in [1.82, 2.24) is 15.1 Å². The van der Waals surface area contributed by atoms with Gasteiger partial charge in [0.25, 0.3) is 15.0 Å². The van der Waals surface area contributed by atoms with Crippen LogP contribution in [0.25, 0.3) is 0 Å². The van der Waals surface area contributed by atoms with Crippen molar-refractivity contribution < 1.29 is 13.2 Å². The van der Waals surface area contributed by atoms with E-state index in [1.165, 1.54) is 0 Å². The minimum Gasteiger partial charge on any atom is -0.337 e. The number of amides is 1. The monoisotopic (exact) mass is 333 g/mol. The normalized spacial score (nSPS) is 17.2. The maximum atomic E-state index is 12.5. The zero-order valence-electron chi connectivity index (χ0n) is 12.2. The van der Waals surface area contributed by atoms with E-state index >= 15 is 0 Å². The van der Waals surface area contributed by atoms with Crippen LogP contribution in [0.5, 0.6) is 0 Å². The van der Waals surface area contributed by atoms with Gasteiger partial charge in [-0.3, -0.25) is 9.89 Å². The first kappa shape index (κ1) is 16.3. The van der Waals surface area contributed by atoms with Crippen LogP contribution >= 0.6 is 10.7 Å². The number of aryl methyl sites for hydroxylation is 1. The Kier molecular flexibility index (Phi) is 4.93. The summed E-state index contributed by atoms with van der Waals surface area (Å²) in [5.41, 5.74) is 0.323. The summed E-state index contributed by atoms with van der Waals surface area (Å²) in [4.78, 5) is 14.0. The van der Waals surface area contributed by atoms with Gasteiger partial charge in [-0.2, -0.15) is 5.10 Å². The molecule has 0 saturated carbocycles. The number of aromatic amines is 1. The number of nitrogens with one attached hydrogen (secondary N) is 1. The van der Waals surface area contributed by atoms with Gasteiger partial charge in [0.15, 0.2) is 5.69 Å². The summed E-state index contributed by atoms with van der Waals surface area (Å²) in [6.07, 6.45) is 3.05. The van der Waals surface area contributed by atoms with Crippen LogP contribution < -0.4 is 0 Å². The summed E-state index contributed by atoms with van der Waals surface area (Å²) in [5, 5.41) is 6.57. The Labute approximate surface area is 129 Å². The van der Waals surface area contributed by atoms with Gasteiger partial charge in [-0.25, -0.2) is 8.42 Å². The van der Waals surface area contributed by atoms with Gasteiger partial charge in [0.2, 0.25) is 0 Å². The Balaban J connectivity index is 2.33. The number of piperidine rings is 1. The first-order valence-electron chi connectivity index (χ1n) is 7.15. The summed E-state index contributed by atoms with van der Waals surface area (Å²) < 4.78 is 23.6. The predicted octanol–water partition coefficient (Wildman–Crippen LogP) is 2.16. The van der Waals surface area contributed by atoms with Gasteiger partial charge >= 0.3 is 0 Å². The maximum absolute atomic E-state index is 12.5. The number of carbonyl (C=O) groups is 1. The largest absolute Gasteiger partial charge is 0.337 e. The molecule has 1 N–H and O–H groups in total. The summed E-state index contributed by atoms with van der Waals surface area (Å²) >= 11 is 0. The number of H-pyrrole nitrogens is 1. The second-order valence-electron chi connectivity index (χ2n) is 5.54. The van der Waals surface area contributed by atoms with Crippen molar-refractivity contribution in [2.75, 3.05) is 13.1 Å². The summed E-state index contributed by atoms with van der Waals surface area (Å²) in [5.74, 6) is 0.222. The number of rotatable bonds is 4. The lowest BCUT2D eigenvalue weighted by Gasteiger charge is -2.29. The number of carbonyl (C=O) groups excluding carboxylic acids is 1. The van der Waals surface area contributed by atoms with Crippen molar-refractivity contribution in [3.8, 4) is 0 Å². The Morgan fingerprint density at radius 2 is 2.05 bits per heavy atom. The fourth-order valence-electron chi connectivity index (χ4n) is 2.56. The molecule has 0 unspecified atom stereocenters. The average molecular weight is 334 g/mol. The van der Waals surface area contributed by atoms with Gasteiger partial charge in [0, 0.05) is 23.8 Å². The molecule has 2 heterocycles. The maximum Gasteiger partial charge on any atom is 0.275 e. The minimum atomic E-state index is -4.01. The van der Waals surface area contributed by atoms with Crippen LogP contribution in [0.4, 0.5) is 0 Å². The van der Waals surface area contributed by atoms with E-state index in [1.807, 2.05) is 6.92 Å². The highest BCUT2D eigenvalue weighted by Crippen LogP contribution is 2.26. The van der Waals surface area contributed by atoms with Gasteiger partial charge in [-0.15, -0.1) is 0 Å². The molecule has 0 atom stereocenters. The lowest BCUT2D eigenvalue weighted by Crippen LogP contribution is -2.38. The number of likely N-dealkylation sites (tertiary alicyclic amines) is 1. The molecule has 0 radical (unpaired) electrons. The van der Waals surface area contributed by atoms with Crippen LogP contribution in [0.15, 0.2) is 4.90 Å². The standard InChI is InChI=1S/C13H20ClN3O3S/c1-3-4-10-12(21(14,19)20)11(16-15-10)13(18)17-7-5-9(2)6-8-17/h9H,3-8H2,1-2H3,(H,15,16). The third-order valence-electron chi connectivity index (χ3n) is 3.81. The quantitative estimate of drug-likeness (QED) is 0.856. The summed E-state index contributed by atoms with van der Waals surface area (Å²) in [6.45, 7) is 5.30. The van der Waals surface area contributed by atoms with E-state index in [4.69, 9.17) is 10.7 Å². The highest BCUT2D eigenvalue weighted by Gasteiger charge is 2.31. The van der Waals surface area contributed by atoms with E-state index in [0.717, 1.165) is 19.3 Å². The molecule has 0 bridgehead atoms. The molecule has 1 aliphatic rings. The average Bonchev–Trinajstić information content (AvgIpc) is 2.83. The predicted molar refractivity (Wildman–Crippen MR) is 79.9 cm³/mol. The van der Waals surface area contributed by atoms with Crippen molar-refractivity contribution in [2.45, 2.75) is 44.4 Å². The van der Waals surface area contributed by atoms with Crippen LogP contribution in [-0.4, -0.2) is 42.5 Å². The molecule has 0 spiro atoms. The molecule has 1 aromatic heterocycles. The first-order chi connectivity index (χ1) is 9.84. The minimum absolute atomic E-state index is 0.0806. The van der Waals surface area contributed by atoms with Crippen molar-refractivity contribution in [3.63, 3.8) is 0 Å². The van der Waals surface area contributed by atoms with Gasteiger partial charge < -0.3 is 4.90 Å². The molecule has 118 valence electrons. The van der Waals surface area contributed by atoms with Crippen molar-refractivity contribution in [1.29, 1.82) is 0 Å². The highest BCUT2D eigenvalue weighted by atomic mass is 35.7. The number of hydrogen-bond donors (Lipinski definition) is 1. The van der Waals surface area contributed by atoms with Crippen molar-refractivity contribution in [2.24, 2.45) is 5.92 Å². The van der Waals surface area contributed by atoms with Crippen molar-refractivity contribution in [3.05, 3.63) is 11.4 Å². The lowest BCUT2D eigenvalue weighted by molar-refractivity contribution is 0.0687. The van der Waals surface area contributed by atoms with Gasteiger partial charge in [-0.05, 0) is 25.2 Å². The number of aromatic nitrogens is 2. The van der Waals surface area contributed by atoms with Gasteiger partial charge in [0.05, 0.1) is 5.69 Å². The smallest absolute Gasteiger partial charge is 0.275 e. The van der Waals surface area contributed by atoms with Gasteiger partial charge in [-0.1, -0.05) is 20.3 Å². The van der Waals surface area contributed by atoms with Crippen LogP contribution in [0, 0.1) is 5.92 Å². The van der Waals surface area contributed by atoms with Crippen molar-refractivity contribution >= 4 is 25.6 Å². The molecule has 6 nitrogen and oxygen atoms in total. The lowest BCUT2D eigenvalue weighted by atomic mass is 9.99. The fourth-order valence-corrected chi connectivity index (χ4v) is 3.86. The fraction of sp³-hybridized carbons (Fsp3) is 0.692. The molecule has 1 aliphatic heterocycles. The second-order valence-corrected chi connectivity index (χ2v) is 8.05. The third kappa shape index (κ3) is 3.58.